The van der Waals surface area contributed by atoms with Crippen molar-refractivity contribution in [3.63, 3.8) is 0 Å². The van der Waals surface area contributed by atoms with Crippen molar-refractivity contribution in [3.8, 4) is 0 Å². The molecule has 6 nitrogen and oxygen atoms in total. The summed E-state index contributed by atoms with van der Waals surface area (Å²) >= 11 is 0. The van der Waals surface area contributed by atoms with Gasteiger partial charge in [0.15, 0.2) is 6.10 Å². The van der Waals surface area contributed by atoms with Crippen LogP contribution in [0.3, 0.4) is 0 Å². The van der Waals surface area contributed by atoms with Gasteiger partial charge in [0.05, 0.1) is 0 Å². The molecule has 0 saturated heterocycles. The molecule has 0 aromatic rings. The lowest BCUT2D eigenvalue weighted by Gasteiger charge is -2.18. The molecule has 0 aromatic carbocycles. The van der Waals surface area contributed by atoms with Crippen LogP contribution in [-0.2, 0) is 28.6 Å². The first kappa shape index (κ1) is 76.6. The lowest BCUT2D eigenvalue weighted by Crippen LogP contribution is -2.30. The molecule has 0 bridgehead atoms. The second-order valence-corrected chi connectivity index (χ2v) is 23.1. The quantitative estimate of drug-likeness (QED) is 0.0261. The number of unbranched alkanes of at least 4 members (excludes halogenated alkanes) is 38. The van der Waals surface area contributed by atoms with Crippen molar-refractivity contribution in [2.75, 3.05) is 13.2 Å². The first-order valence-electron chi connectivity index (χ1n) is 34.6. The van der Waals surface area contributed by atoms with Gasteiger partial charge >= 0.3 is 17.9 Å². The summed E-state index contributed by atoms with van der Waals surface area (Å²) in [6.07, 6.45) is 90.2. The molecule has 0 amide bonds. The number of carbonyl (C=O) groups is 3. The number of esters is 3. The highest BCUT2D eigenvalue weighted by Gasteiger charge is 2.19. The smallest absolute Gasteiger partial charge is 0.306 e. The third-order valence-corrected chi connectivity index (χ3v) is 15.1. The summed E-state index contributed by atoms with van der Waals surface area (Å²) in [5.74, 6) is -0.894. The van der Waals surface area contributed by atoms with Gasteiger partial charge < -0.3 is 14.2 Å². The van der Waals surface area contributed by atoms with Gasteiger partial charge in [-0.05, 0) is 96.3 Å². The van der Waals surface area contributed by atoms with Crippen LogP contribution in [0.2, 0.25) is 0 Å². The average molecular weight is 1120 g/mol. The van der Waals surface area contributed by atoms with E-state index in [-0.39, 0.29) is 31.1 Å². The Morgan fingerprint density at radius 2 is 0.487 bits per heavy atom. The van der Waals surface area contributed by atoms with Crippen molar-refractivity contribution in [1.29, 1.82) is 0 Å². The molecule has 0 aliphatic heterocycles. The Morgan fingerprint density at radius 3 is 0.775 bits per heavy atom. The van der Waals surface area contributed by atoms with E-state index in [1.54, 1.807) is 0 Å². The van der Waals surface area contributed by atoms with Crippen molar-refractivity contribution in [1.82, 2.24) is 0 Å². The SMILES string of the molecule is CC/C=C\C/C=C\C/C=C\C/C=C\C/C=C\C/C=C\CCCCCCC(=O)OCC(COC(=O)CCCCCCCCC/C=C\CCCCCCCCC)OC(=O)CCCCCCCCCCCCCCCCCCCCCCC. The van der Waals surface area contributed by atoms with Gasteiger partial charge in [0.1, 0.15) is 13.2 Å². The lowest BCUT2D eigenvalue weighted by molar-refractivity contribution is -0.167. The number of rotatable bonds is 63. The van der Waals surface area contributed by atoms with E-state index in [1.165, 1.54) is 199 Å². The van der Waals surface area contributed by atoms with Crippen LogP contribution in [0.15, 0.2) is 85.1 Å². The zero-order chi connectivity index (χ0) is 57.8. The second-order valence-electron chi connectivity index (χ2n) is 23.1. The normalized spacial score (nSPS) is 12.6. The van der Waals surface area contributed by atoms with Crippen LogP contribution in [0.1, 0.15) is 348 Å². The molecule has 0 aliphatic carbocycles. The summed E-state index contributed by atoms with van der Waals surface area (Å²) in [7, 11) is 0. The van der Waals surface area contributed by atoms with E-state index in [4.69, 9.17) is 14.2 Å². The predicted octanol–water partition coefficient (Wildman–Crippen LogP) is 23.8. The fourth-order valence-corrected chi connectivity index (χ4v) is 9.97. The zero-order valence-electron chi connectivity index (χ0n) is 53.1. The van der Waals surface area contributed by atoms with Crippen LogP contribution >= 0.6 is 0 Å². The highest BCUT2D eigenvalue weighted by Crippen LogP contribution is 2.17. The summed E-state index contributed by atoms with van der Waals surface area (Å²) in [5, 5.41) is 0. The molecule has 0 N–H and O–H groups in total. The van der Waals surface area contributed by atoms with E-state index in [9.17, 15) is 14.4 Å². The molecule has 0 aromatic heterocycles. The molecule has 0 spiro atoms. The Labute approximate surface area is 496 Å². The molecular formula is C74H130O6. The van der Waals surface area contributed by atoms with Crippen LogP contribution < -0.4 is 0 Å². The first-order valence-corrected chi connectivity index (χ1v) is 34.6. The van der Waals surface area contributed by atoms with Crippen molar-refractivity contribution >= 4 is 17.9 Å². The number of hydrogen-bond acceptors (Lipinski definition) is 6. The summed E-state index contributed by atoms with van der Waals surface area (Å²) in [5.41, 5.74) is 0. The van der Waals surface area contributed by atoms with Gasteiger partial charge in [-0.15, -0.1) is 0 Å². The maximum atomic E-state index is 13.0. The molecule has 80 heavy (non-hydrogen) atoms. The number of hydrogen-bond donors (Lipinski definition) is 0. The molecular weight excluding hydrogens is 985 g/mol. The minimum absolute atomic E-state index is 0.0841. The van der Waals surface area contributed by atoms with Crippen LogP contribution in [0.5, 0.6) is 0 Å². The summed E-state index contributed by atoms with van der Waals surface area (Å²) < 4.78 is 17.0. The lowest BCUT2D eigenvalue weighted by atomic mass is 10.0. The third-order valence-electron chi connectivity index (χ3n) is 15.1. The fourth-order valence-electron chi connectivity index (χ4n) is 9.97. The van der Waals surface area contributed by atoms with E-state index >= 15 is 0 Å². The van der Waals surface area contributed by atoms with Crippen LogP contribution in [-0.4, -0.2) is 37.2 Å². The molecule has 0 aliphatic rings. The topological polar surface area (TPSA) is 78.9 Å². The Bertz CT molecular complexity index is 1520. The molecule has 0 fully saturated rings. The van der Waals surface area contributed by atoms with Crippen LogP contribution in [0.25, 0.3) is 0 Å². The van der Waals surface area contributed by atoms with Gasteiger partial charge in [-0.1, -0.05) is 318 Å². The van der Waals surface area contributed by atoms with E-state index in [0.29, 0.717) is 19.3 Å². The highest BCUT2D eigenvalue weighted by atomic mass is 16.6. The molecule has 0 rings (SSSR count). The number of allylic oxidation sites excluding steroid dienone is 14. The number of carbonyl (C=O) groups excluding carboxylic acids is 3. The monoisotopic (exact) mass is 1110 g/mol. The van der Waals surface area contributed by atoms with Gasteiger partial charge in [-0.3, -0.25) is 14.4 Å². The maximum absolute atomic E-state index is 13.0. The van der Waals surface area contributed by atoms with Crippen molar-refractivity contribution in [2.45, 2.75) is 354 Å². The molecule has 0 heterocycles. The summed E-state index contributed by atoms with van der Waals surface area (Å²) in [4.78, 5) is 38.5. The highest BCUT2D eigenvalue weighted by molar-refractivity contribution is 5.71. The summed E-state index contributed by atoms with van der Waals surface area (Å²) in [6, 6.07) is 0. The van der Waals surface area contributed by atoms with Gasteiger partial charge in [0.25, 0.3) is 0 Å². The van der Waals surface area contributed by atoms with Crippen LogP contribution in [0, 0.1) is 0 Å². The summed E-state index contributed by atoms with van der Waals surface area (Å²) in [6.45, 7) is 6.55. The molecule has 462 valence electrons. The minimum Gasteiger partial charge on any atom is -0.462 e. The fraction of sp³-hybridized carbons (Fsp3) is 0.770. The van der Waals surface area contributed by atoms with Gasteiger partial charge in [0, 0.05) is 19.3 Å². The molecule has 0 radical (unpaired) electrons. The predicted molar refractivity (Wildman–Crippen MR) is 348 cm³/mol. The average Bonchev–Trinajstić information content (AvgIpc) is 3.46. The Hall–Kier alpha value is -3.41. The van der Waals surface area contributed by atoms with Gasteiger partial charge in [0.2, 0.25) is 0 Å². The van der Waals surface area contributed by atoms with Gasteiger partial charge in [-0.2, -0.15) is 0 Å². The molecule has 1 atom stereocenters. The second kappa shape index (κ2) is 68.1. The first-order chi connectivity index (χ1) is 39.5. The van der Waals surface area contributed by atoms with Crippen molar-refractivity contribution in [3.05, 3.63) is 85.1 Å². The number of ether oxygens (including phenoxy) is 3. The Kier molecular flexibility index (Phi) is 65.2. The largest absolute Gasteiger partial charge is 0.462 e. The third kappa shape index (κ3) is 65.4. The van der Waals surface area contributed by atoms with Gasteiger partial charge in [-0.25, -0.2) is 0 Å². The van der Waals surface area contributed by atoms with E-state index in [1.807, 2.05) is 0 Å². The molecule has 6 heteroatoms. The molecule has 1 unspecified atom stereocenters. The van der Waals surface area contributed by atoms with E-state index < -0.39 is 6.10 Å². The standard InChI is InChI=1S/C74H130O6/c1-4-7-10-13-16-19-22-25-28-31-34-36-37-39-40-43-46-49-52-55-58-61-64-67-73(76)79-70-71(69-78-72(75)66-63-60-57-54-51-48-45-42-33-30-27-24-21-18-15-12-9-6-3)80-74(77)68-65-62-59-56-53-50-47-44-41-38-35-32-29-26-23-20-17-14-11-8-5-2/h7,10,16,19,25,28,30,33-34,36,39-40,46,49,71H,4-6,8-9,11-15,17-18,20-24,26-27,29,31-32,35,37-38,41-45,47-48,50-70H2,1-3H3/b10-7-,19-16-,28-25-,33-30-,36-34-,40-39-,49-46-. The van der Waals surface area contributed by atoms with E-state index in [0.717, 1.165) is 109 Å². The van der Waals surface area contributed by atoms with E-state index in [2.05, 4.69) is 106 Å². The minimum atomic E-state index is -0.790. The van der Waals surface area contributed by atoms with Crippen molar-refractivity contribution in [2.24, 2.45) is 0 Å². The van der Waals surface area contributed by atoms with Crippen LogP contribution in [0.4, 0.5) is 0 Å². The van der Waals surface area contributed by atoms with Crippen molar-refractivity contribution < 1.29 is 28.6 Å². The molecule has 0 saturated carbocycles. The Morgan fingerprint density at radius 1 is 0.263 bits per heavy atom. The maximum Gasteiger partial charge on any atom is 0.306 e. The Balaban J connectivity index is 4.41. The zero-order valence-corrected chi connectivity index (χ0v) is 53.1.